The summed E-state index contributed by atoms with van der Waals surface area (Å²) in [5, 5.41) is 1.10. The van der Waals surface area contributed by atoms with Gasteiger partial charge in [-0.15, -0.1) is 0 Å². The van der Waals surface area contributed by atoms with Gasteiger partial charge in [0.2, 0.25) is 0 Å². The predicted octanol–water partition coefficient (Wildman–Crippen LogP) is 4.14. The van der Waals surface area contributed by atoms with Gasteiger partial charge in [-0.05, 0) is 30.7 Å². The van der Waals surface area contributed by atoms with Gasteiger partial charge in [0.25, 0.3) is 0 Å². The maximum Gasteiger partial charge on any atom is 0.0131 e. The lowest BCUT2D eigenvalue weighted by Gasteiger charge is -2.31. The molecule has 1 unspecified atom stereocenters. The van der Waals surface area contributed by atoms with Crippen LogP contribution in [-0.4, -0.2) is 5.33 Å². The standard InChI is InChI=1S/C13H17Br/c1-2-13(10-14,12-8-9-12)11-6-4-3-5-7-11/h3-7,12H,2,8-10H2,1H3. The molecule has 0 N–H and O–H groups in total. The Morgan fingerprint density at radius 1 is 1.29 bits per heavy atom. The molecule has 1 saturated carbocycles. The summed E-state index contributed by atoms with van der Waals surface area (Å²) in [6.07, 6.45) is 4.07. The zero-order valence-electron chi connectivity index (χ0n) is 8.67. The lowest BCUT2D eigenvalue weighted by atomic mass is 9.76. The Morgan fingerprint density at radius 3 is 2.36 bits per heavy atom. The van der Waals surface area contributed by atoms with Gasteiger partial charge in [0.1, 0.15) is 0 Å². The minimum atomic E-state index is 0.404. The fourth-order valence-electron chi connectivity index (χ4n) is 2.42. The summed E-state index contributed by atoms with van der Waals surface area (Å²) in [6.45, 7) is 2.31. The predicted molar refractivity (Wildman–Crippen MR) is 64.9 cm³/mol. The van der Waals surface area contributed by atoms with Crippen LogP contribution in [0, 0.1) is 5.92 Å². The third-order valence-electron chi connectivity index (χ3n) is 3.58. The molecule has 0 spiro atoms. The van der Waals surface area contributed by atoms with Crippen LogP contribution in [0.25, 0.3) is 0 Å². The van der Waals surface area contributed by atoms with Crippen LogP contribution in [0.1, 0.15) is 31.7 Å². The Bertz CT molecular complexity index is 283. The third-order valence-corrected chi connectivity index (χ3v) is 4.58. The molecule has 0 heterocycles. The van der Waals surface area contributed by atoms with E-state index in [0.29, 0.717) is 5.41 Å². The van der Waals surface area contributed by atoms with Gasteiger partial charge in [-0.3, -0.25) is 0 Å². The molecule has 0 saturated heterocycles. The Morgan fingerprint density at radius 2 is 1.93 bits per heavy atom. The molecule has 0 nitrogen and oxygen atoms in total. The van der Waals surface area contributed by atoms with Crippen LogP contribution in [0.2, 0.25) is 0 Å². The van der Waals surface area contributed by atoms with E-state index in [1.54, 1.807) is 0 Å². The van der Waals surface area contributed by atoms with E-state index < -0.39 is 0 Å². The van der Waals surface area contributed by atoms with Crippen molar-refractivity contribution in [3.8, 4) is 0 Å². The highest BCUT2D eigenvalue weighted by atomic mass is 79.9. The quantitative estimate of drug-likeness (QED) is 0.707. The summed E-state index contributed by atoms with van der Waals surface area (Å²) in [4.78, 5) is 0. The average molecular weight is 253 g/mol. The second-order valence-corrected chi connectivity index (χ2v) is 4.84. The van der Waals surface area contributed by atoms with E-state index in [-0.39, 0.29) is 0 Å². The van der Waals surface area contributed by atoms with Gasteiger partial charge < -0.3 is 0 Å². The lowest BCUT2D eigenvalue weighted by molar-refractivity contribution is 0.406. The van der Waals surface area contributed by atoms with Gasteiger partial charge in [-0.1, -0.05) is 53.2 Å². The molecule has 0 amide bonds. The van der Waals surface area contributed by atoms with Gasteiger partial charge in [-0.2, -0.15) is 0 Å². The van der Waals surface area contributed by atoms with Crippen molar-refractivity contribution in [1.82, 2.24) is 0 Å². The van der Waals surface area contributed by atoms with Crippen molar-refractivity contribution in [3.63, 3.8) is 0 Å². The molecule has 0 aliphatic heterocycles. The molecule has 1 fully saturated rings. The number of rotatable bonds is 4. The fraction of sp³-hybridized carbons (Fsp3) is 0.538. The van der Waals surface area contributed by atoms with E-state index in [2.05, 4.69) is 53.2 Å². The van der Waals surface area contributed by atoms with Crippen LogP contribution in [0.15, 0.2) is 30.3 Å². The summed E-state index contributed by atoms with van der Waals surface area (Å²) >= 11 is 3.71. The first-order chi connectivity index (χ1) is 6.83. The molecular weight excluding hydrogens is 236 g/mol. The fourth-order valence-corrected chi connectivity index (χ4v) is 3.59. The first kappa shape index (κ1) is 10.2. The molecule has 14 heavy (non-hydrogen) atoms. The molecule has 1 aliphatic rings. The van der Waals surface area contributed by atoms with Crippen molar-refractivity contribution in [2.75, 3.05) is 5.33 Å². The van der Waals surface area contributed by atoms with Crippen LogP contribution in [-0.2, 0) is 5.41 Å². The SMILES string of the molecule is CCC(CBr)(c1ccccc1)C1CC1. The minimum Gasteiger partial charge on any atom is -0.0918 e. The summed E-state index contributed by atoms with van der Waals surface area (Å²) in [5.41, 5.74) is 1.92. The van der Waals surface area contributed by atoms with E-state index in [1.807, 2.05) is 0 Å². The summed E-state index contributed by atoms with van der Waals surface area (Å²) in [5.74, 6) is 0.911. The Kier molecular flexibility index (Phi) is 2.96. The highest BCUT2D eigenvalue weighted by Crippen LogP contribution is 2.50. The monoisotopic (exact) mass is 252 g/mol. The maximum absolute atomic E-state index is 3.71. The zero-order chi connectivity index (χ0) is 10.0. The van der Waals surface area contributed by atoms with Crippen molar-refractivity contribution >= 4 is 15.9 Å². The summed E-state index contributed by atoms with van der Waals surface area (Å²) in [6, 6.07) is 11.0. The first-order valence-corrected chi connectivity index (χ1v) is 6.57. The zero-order valence-corrected chi connectivity index (χ0v) is 10.3. The maximum atomic E-state index is 3.71. The van der Waals surface area contributed by atoms with Crippen molar-refractivity contribution in [2.45, 2.75) is 31.6 Å². The topological polar surface area (TPSA) is 0 Å². The highest BCUT2D eigenvalue weighted by Gasteiger charge is 2.43. The van der Waals surface area contributed by atoms with E-state index in [0.717, 1.165) is 11.2 Å². The number of hydrogen-bond acceptors (Lipinski definition) is 0. The first-order valence-electron chi connectivity index (χ1n) is 5.45. The lowest BCUT2D eigenvalue weighted by Crippen LogP contribution is -2.29. The van der Waals surface area contributed by atoms with Gasteiger partial charge in [0.05, 0.1) is 0 Å². The number of alkyl halides is 1. The van der Waals surface area contributed by atoms with Gasteiger partial charge >= 0.3 is 0 Å². The smallest absolute Gasteiger partial charge is 0.0131 e. The van der Waals surface area contributed by atoms with Gasteiger partial charge in [0.15, 0.2) is 0 Å². The molecule has 1 aliphatic carbocycles. The molecule has 0 aromatic heterocycles. The Hall–Kier alpha value is -0.300. The van der Waals surface area contributed by atoms with Gasteiger partial charge in [-0.25, -0.2) is 0 Å². The Balaban J connectivity index is 2.34. The average Bonchev–Trinajstić information content (AvgIpc) is 3.07. The van der Waals surface area contributed by atoms with Gasteiger partial charge in [0, 0.05) is 10.7 Å². The molecule has 2 rings (SSSR count). The number of hydrogen-bond donors (Lipinski definition) is 0. The van der Waals surface area contributed by atoms with Crippen LogP contribution in [0.5, 0.6) is 0 Å². The van der Waals surface area contributed by atoms with Crippen molar-refractivity contribution in [3.05, 3.63) is 35.9 Å². The molecular formula is C13H17Br. The second kappa shape index (κ2) is 4.06. The molecule has 1 aromatic carbocycles. The molecule has 76 valence electrons. The molecule has 0 bridgehead atoms. The van der Waals surface area contributed by atoms with E-state index in [1.165, 1.54) is 24.8 Å². The van der Waals surface area contributed by atoms with E-state index in [9.17, 15) is 0 Å². The number of halogens is 1. The molecule has 1 aromatic rings. The number of benzene rings is 1. The summed E-state index contributed by atoms with van der Waals surface area (Å²) < 4.78 is 0. The van der Waals surface area contributed by atoms with Crippen LogP contribution in [0.4, 0.5) is 0 Å². The van der Waals surface area contributed by atoms with Crippen molar-refractivity contribution in [1.29, 1.82) is 0 Å². The second-order valence-electron chi connectivity index (χ2n) is 4.28. The molecule has 0 radical (unpaired) electrons. The van der Waals surface area contributed by atoms with E-state index in [4.69, 9.17) is 0 Å². The van der Waals surface area contributed by atoms with Crippen LogP contribution < -0.4 is 0 Å². The van der Waals surface area contributed by atoms with Crippen molar-refractivity contribution < 1.29 is 0 Å². The van der Waals surface area contributed by atoms with Crippen LogP contribution >= 0.6 is 15.9 Å². The summed E-state index contributed by atoms with van der Waals surface area (Å²) in [7, 11) is 0. The van der Waals surface area contributed by atoms with Crippen LogP contribution in [0.3, 0.4) is 0 Å². The van der Waals surface area contributed by atoms with Crippen molar-refractivity contribution in [2.24, 2.45) is 5.92 Å². The Labute approximate surface area is 94.8 Å². The minimum absolute atomic E-state index is 0.404. The van der Waals surface area contributed by atoms with E-state index >= 15 is 0 Å². The molecule has 1 atom stereocenters. The molecule has 1 heteroatoms. The largest absolute Gasteiger partial charge is 0.0918 e. The highest BCUT2D eigenvalue weighted by molar-refractivity contribution is 9.09. The normalized spacial score (nSPS) is 20.4. The third kappa shape index (κ3) is 1.63.